The van der Waals surface area contributed by atoms with Crippen LogP contribution in [0.1, 0.15) is 32.6 Å². The third-order valence-electron chi connectivity index (χ3n) is 4.52. The SMILES string of the molecule is CC1CCC(C(O)Cn2cnc3ccccc32)CC1. The van der Waals surface area contributed by atoms with Crippen molar-refractivity contribution in [3.05, 3.63) is 30.6 Å². The number of rotatable bonds is 3. The molecule has 3 nitrogen and oxygen atoms in total. The highest BCUT2D eigenvalue weighted by Gasteiger charge is 2.25. The molecule has 0 saturated heterocycles. The third-order valence-corrected chi connectivity index (χ3v) is 4.52. The number of aromatic nitrogens is 2. The first kappa shape index (κ1) is 12.7. The number of fused-ring (bicyclic) bond motifs is 1. The predicted octanol–water partition coefficient (Wildman–Crippen LogP) is 3.22. The number of hydrogen-bond acceptors (Lipinski definition) is 2. The van der Waals surface area contributed by atoms with E-state index in [9.17, 15) is 5.11 Å². The van der Waals surface area contributed by atoms with Crippen molar-refractivity contribution in [1.29, 1.82) is 0 Å². The van der Waals surface area contributed by atoms with Crippen molar-refractivity contribution in [3.8, 4) is 0 Å². The van der Waals surface area contributed by atoms with Crippen LogP contribution < -0.4 is 0 Å². The van der Waals surface area contributed by atoms with Gasteiger partial charge in [0.1, 0.15) is 0 Å². The minimum atomic E-state index is -0.245. The maximum Gasteiger partial charge on any atom is 0.0959 e. The van der Waals surface area contributed by atoms with Gasteiger partial charge in [-0.2, -0.15) is 0 Å². The zero-order valence-corrected chi connectivity index (χ0v) is 11.5. The number of benzene rings is 1. The van der Waals surface area contributed by atoms with Crippen LogP contribution in [0.4, 0.5) is 0 Å². The highest BCUT2D eigenvalue weighted by Crippen LogP contribution is 2.31. The molecule has 1 aliphatic carbocycles. The Morgan fingerprint density at radius 1 is 1.26 bits per heavy atom. The zero-order valence-electron chi connectivity index (χ0n) is 11.5. The number of para-hydroxylation sites is 2. The lowest BCUT2D eigenvalue weighted by atomic mass is 9.80. The molecule has 1 heterocycles. The summed E-state index contributed by atoms with van der Waals surface area (Å²) in [6, 6.07) is 8.10. The third kappa shape index (κ3) is 2.66. The Morgan fingerprint density at radius 3 is 2.79 bits per heavy atom. The van der Waals surface area contributed by atoms with E-state index in [0.717, 1.165) is 29.8 Å². The maximum atomic E-state index is 10.4. The molecule has 1 aliphatic rings. The van der Waals surface area contributed by atoms with Crippen molar-refractivity contribution < 1.29 is 5.11 Å². The van der Waals surface area contributed by atoms with Crippen molar-refractivity contribution in [2.45, 2.75) is 45.3 Å². The second-order valence-corrected chi connectivity index (χ2v) is 5.97. The first-order chi connectivity index (χ1) is 9.24. The van der Waals surface area contributed by atoms with Crippen LogP contribution in [0.25, 0.3) is 11.0 Å². The summed E-state index contributed by atoms with van der Waals surface area (Å²) in [6.45, 7) is 2.98. The van der Waals surface area contributed by atoms with E-state index in [-0.39, 0.29) is 6.10 Å². The Balaban J connectivity index is 1.70. The molecule has 1 saturated carbocycles. The van der Waals surface area contributed by atoms with Crippen LogP contribution in [-0.2, 0) is 6.54 Å². The van der Waals surface area contributed by atoms with Crippen molar-refractivity contribution in [2.75, 3.05) is 0 Å². The summed E-state index contributed by atoms with van der Waals surface area (Å²) in [5.41, 5.74) is 2.12. The molecule has 102 valence electrons. The quantitative estimate of drug-likeness (QED) is 0.918. The summed E-state index contributed by atoms with van der Waals surface area (Å²) in [5.74, 6) is 1.29. The van der Waals surface area contributed by atoms with Gasteiger partial charge in [0.25, 0.3) is 0 Å². The van der Waals surface area contributed by atoms with Crippen LogP contribution in [0.2, 0.25) is 0 Å². The average Bonchev–Trinajstić information content (AvgIpc) is 2.83. The lowest BCUT2D eigenvalue weighted by Gasteiger charge is -2.30. The second kappa shape index (κ2) is 5.33. The monoisotopic (exact) mass is 258 g/mol. The Labute approximate surface area is 114 Å². The van der Waals surface area contributed by atoms with Crippen LogP contribution in [0.15, 0.2) is 30.6 Å². The molecule has 1 N–H and O–H groups in total. The maximum absolute atomic E-state index is 10.4. The van der Waals surface area contributed by atoms with Gasteiger partial charge in [0, 0.05) is 0 Å². The number of aliphatic hydroxyl groups excluding tert-OH is 1. The van der Waals surface area contributed by atoms with E-state index in [1.807, 2.05) is 24.5 Å². The summed E-state index contributed by atoms with van der Waals surface area (Å²) in [6.07, 6.45) is 6.44. The molecule has 1 unspecified atom stereocenters. The van der Waals surface area contributed by atoms with Gasteiger partial charge in [0.05, 0.1) is 30.0 Å². The minimum Gasteiger partial charge on any atom is -0.391 e. The zero-order chi connectivity index (χ0) is 13.2. The molecule has 0 aliphatic heterocycles. The molecular weight excluding hydrogens is 236 g/mol. The van der Waals surface area contributed by atoms with Crippen molar-refractivity contribution in [2.24, 2.45) is 11.8 Å². The summed E-state index contributed by atoms with van der Waals surface area (Å²) in [5, 5.41) is 10.4. The number of imidazole rings is 1. The van der Waals surface area contributed by atoms with Crippen LogP contribution in [0.5, 0.6) is 0 Å². The van der Waals surface area contributed by atoms with Gasteiger partial charge in [-0.15, -0.1) is 0 Å². The molecular formula is C16H22N2O. The molecule has 0 spiro atoms. The number of hydrogen-bond donors (Lipinski definition) is 1. The molecule has 1 atom stereocenters. The van der Waals surface area contributed by atoms with E-state index < -0.39 is 0 Å². The summed E-state index contributed by atoms with van der Waals surface area (Å²) in [7, 11) is 0. The Bertz CT molecular complexity index is 540. The lowest BCUT2D eigenvalue weighted by Crippen LogP contribution is -2.28. The summed E-state index contributed by atoms with van der Waals surface area (Å²) in [4.78, 5) is 4.38. The van der Waals surface area contributed by atoms with Crippen molar-refractivity contribution in [1.82, 2.24) is 9.55 Å². The van der Waals surface area contributed by atoms with Gasteiger partial charge >= 0.3 is 0 Å². The van der Waals surface area contributed by atoms with E-state index in [4.69, 9.17) is 0 Å². The molecule has 3 heteroatoms. The van der Waals surface area contributed by atoms with E-state index in [1.54, 1.807) is 0 Å². The van der Waals surface area contributed by atoms with Gasteiger partial charge in [-0.05, 0) is 36.8 Å². The van der Waals surface area contributed by atoms with Crippen LogP contribution in [-0.4, -0.2) is 20.8 Å². The lowest BCUT2D eigenvalue weighted by molar-refractivity contribution is 0.0625. The van der Waals surface area contributed by atoms with Crippen molar-refractivity contribution >= 4 is 11.0 Å². The molecule has 1 aromatic heterocycles. The first-order valence-electron chi connectivity index (χ1n) is 7.32. The topological polar surface area (TPSA) is 38.0 Å². The molecule has 2 aromatic rings. The van der Waals surface area contributed by atoms with E-state index >= 15 is 0 Å². The van der Waals surface area contributed by atoms with E-state index in [1.165, 1.54) is 12.8 Å². The Morgan fingerprint density at radius 2 is 2.00 bits per heavy atom. The highest BCUT2D eigenvalue weighted by molar-refractivity contribution is 5.74. The normalized spacial score (nSPS) is 25.6. The predicted molar refractivity (Wildman–Crippen MR) is 76.9 cm³/mol. The highest BCUT2D eigenvalue weighted by atomic mass is 16.3. The van der Waals surface area contributed by atoms with Crippen LogP contribution in [0.3, 0.4) is 0 Å². The smallest absolute Gasteiger partial charge is 0.0959 e. The molecule has 3 rings (SSSR count). The molecule has 1 fully saturated rings. The minimum absolute atomic E-state index is 0.245. The fourth-order valence-electron chi connectivity index (χ4n) is 3.18. The van der Waals surface area contributed by atoms with Gasteiger partial charge in [-0.1, -0.05) is 31.9 Å². The summed E-state index contributed by atoms with van der Waals surface area (Å²) < 4.78 is 2.08. The number of nitrogens with zero attached hydrogens (tertiary/aromatic N) is 2. The van der Waals surface area contributed by atoms with Gasteiger partial charge in [0.15, 0.2) is 0 Å². The molecule has 0 radical (unpaired) electrons. The van der Waals surface area contributed by atoms with E-state index in [2.05, 4.69) is 22.5 Å². The molecule has 0 amide bonds. The largest absolute Gasteiger partial charge is 0.391 e. The fraction of sp³-hybridized carbons (Fsp3) is 0.562. The Kier molecular flexibility index (Phi) is 3.56. The van der Waals surface area contributed by atoms with Crippen LogP contribution >= 0.6 is 0 Å². The van der Waals surface area contributed by atoms with Crippen molar-refractivity contribution in [3.63, 3.8) is 0 Å². The first-order valence-corrected chi connectivity index (χ1v) is 7.32. The average molecular weight is 258 g/mol. The van der Waals surface area contributed by atoms with E-state index in [0.29, 0.717) is 12.5 Å². The van der Waals surface area contributed by atoms with Gasteiger partial charge < -0.3 is 9.67 Å². The van der Waals surface area contributed by atoms with Gasteiger partial charge in [-0.25, -0.2) is 4.98 Å². The number of aliphatic hydroxyl groups is 1. The fourth-order valence-corrected chi connectivity index (χ4v) is 3.18. The molecule has 1 aromatic carbocycles. The summed E-state index contributed by atoms with van der Waals surface area (Å²) >= 11 is 0. The second-order valence-electron chi connectivity index (χ2n) is 5.97. The van der Waals surface area contributed by atoms with Gasteiger partial charge in [0.2, 0.25) is 0 Å². The van der Waals surface area contributed by atoms with Crippen LogP contribution in [0, 0.1) is 11.8 Å². The Hall–Kier alpha value is -1.35. The molecule has 19 heavy (non-hydrogen) atoms. The molecule has 0 bridgehead atoms. The standard InChI is InChI=1S/C16H22N2O/c1-12-6-8-13(9-7-12)16(19)10-18-11-17-14-4-2-3-5-15(14)18/h2-5,11-13,16,19H,6-10H2,1H3. The van der Waals surface area contributed by atoms with Gasteiger partial charge in [-0.3, -0.25) is 0 Å².